The Morgan fingerprint density at radius 2 is 1.73 bits per heavy atom. The van der Waals surface area contributed by atoms with Gasteiger partial charge in [0.15, 0.2) is 5.16 Å². The van der Waals surface area contributed by atoms with Crippen molar-refractivity contribution in [2.24, 2.45) is 0 Å². The molecule has 6 heteroatoms. The van der Waals surface area contributed by atoms with E-state index in [1.54, 1.807) is 22.9 Å². The number of halogens is 1. The summed E-state index contributed by atoms with van der Waals surface area (Å²) >= 11 is 1.43. The normalized spacial score (nSPS) is 10.8. The third-order valence-corrected chi connectivity index (χ3v) is 4.80. The van der Waals surface area contributed by atoms with Crippen LogP contribution < -0.4 is 5.32 Å². The van der Waals surface area contributed by atoms with E-state index in [4.69, 9.17) is 0 Å². The van der Waals surface area contributed by atoms with Crippen LogP contribution in [0.25, 0.3) is 5.69 Å². The average Bonchev–Trinajstić information content (AvgIpc) is 3.02. The lowest BCUT2D eigenvalue weighted by atomic mass is 10.1. The van der Waals surface area contributed by atoms with E-state index in [0.717, 1.165) is 22.4 Å². The van der Waals surface area contributed by atoms with Gasteiger partial charge in [-0.3, -0.25) is 9.36 Å². The molecule has 0 saturated heterocycles. The number of hydrogen-bond acceptors (Lipinski definition) is 3. The Balaban J connectivity index is 2.01. The highest BCUT2D eigenvalue weighted by Crippen LogP contribution is 2.25. The van der Waals surface area contributed by atoms with Crippen LogP contribution in [-0.2, 0) is 0 Å². The van der Waals surface area contributed by atoms with E-state index >= 15 is 0 Å². The first-order chi connectivity index (χ1) is 12.4. The summed E-state index contributed by atoms with van der Waals surface area (Å²) in [5.74, 6) is -0.575. The van der Waals surface area contributed by atoms with Gasteiger partial charge in [0.25, 0.3) is 5.91 Å². The van der Waals surface area contributed by atoms with Gasteiger partial charge in [-0.2, -0.15) is 0 Å². The fraction of sp³-hybridized carbons (Fsp3) is 0.200. The van der Waals surface area contributed by atoms with Crippen LogP contribution in [-0.4, -0.2) is 21.7 Å². The topological polar surface area (TPSA) is 46.9 Å². The highest BCUT2D eigenvalue weighted by Gasteiger charge is 2.19. The molecule has 0 unspecified atom stereocenters. The number of aryl methyl sites for hydroxylation is 3. The molecule has 0 aliphatic heterocycles. The highest BCUT2D eigenvalue weighted by atomic mass is 32.2. The summed E-state index contributed by atoms with van der Waals surface area (Å²) in [4.78, 5) is 17.3. The molecule has 0 bridgehead atoms. The molecule has 0 fully saturated rings. The van der Waals surface area contributed by atoms with Crippen molar-refractivity contribution in [3.8, 4) is 5.69 Å². The zero-order valence-corrected chi connectivity index (χ0v) is 15.9. The second-order valence-corrected chi connectivity index (χ2v) is 6.94. The Morgan fingerprint density at radius 1 is 1.12 bits per heavy atom. The van der Waals surface area contributed by atoms with E-state index in [-0.39, 0.29) is 11.7 Å². The van der Waals surface area contributed by atoms with Crippen LogP contribution in [0.5, 0.6) is 0 Å². The zero-order chi connectivity index (χ0) is 18.8. The monoisotopic (exact) mass is 369 g/mol. The molecule has 1 N–H and O–H groups in total. The minimum absolute atomic E-state index is 0.253. The molecule has 3 aromatic rings. The van der Waals surface area contributed by atoms with Gasteiger partial charge in [0.05, 0.1) is 6.20 Å². The molecule has 26 heavy (non-hydrogen) atoms. The van der Waals surface area contributed by atoms with Crippen LogP contribution >= 0.6 is 11.8 Å². The Labute approximate surface area is 156 Å². The lowest BCUT2D eigenvalue weighted by molar-refractivity contribution is 0.102. The number of amides is 1. The van der Waals surface area contributed by atoms with Gasteiger partial charge in [-0.05, 0) is 62.4 Å². The van der Waals surface area contributed by atoms with Crippen LogP contribution in [0.3, 0.4) is 0 Å². The maximum Gasteiger partial charge on any atom is 0.274 e. The van der Waals surface area contributed by atoms with Crippen molar-refractivity contribution in [3.63, 3.8) is 0 Å². The lowest BCUT2D eigenvalue weighted by Gasteiger charge is -2.14. The van der Waals surface area contributed by atoms with Crippen LogP contribution in [0.15, 0.2) is 47.8 Å². The standard InChI is InChI=1S/C20H20FN3OS/c1-12-9-13(2)18(14(3)10-12)23-19(25)17-11-22-20(26-4)24(17)16-7-5-15(21)6-8-16/h5-11H,1-4H3,(H,23,25). The first-order valence-electron chi connectivity index (χ1n) is 8.17. The van der Waals surface area contributed by atoms with Crippen molar-refractivity contribution in [1.82, 2.24) is 9.55 Å². The fourth-order valence-corrected chi connectivity index (χ4v) is 3.58. The summed E-state index contributed by atoms with van der Waals surface area (Å²) in [5, 5.41) is 3.66. The molecule has 134 valence electrons. The number of hydrogen-bond donors (Lipinski definition) is 1. The number of thioether (sulfide) groups is 1. The number of nitrogens with zero attached hydrogens (tertiary/aromatic N) is 2. The van der Waals surface area contributed by atoms with Gasteiger partial charge in [-0.15, -0.1) is 0 Å². The molecule has 0 spiro atoms. The van der Waals surface area contributed by atoms with E-state index in [2.05, 4.69) is 10.3 Å². The first-order valence-corrected chi connectivity index (χ1v) is 9.40. The minimum atomic E-state index is -0.323. The number of aromatic nitrogens is 2. The summed E-state index contributed by atoms with van der Waals surface area (Å²) in [6, 6.07) is 10.1. The van der Waals surface area contributed by atoms with Crippen molar-refractivity contribution >= 4 is 23.4 Å². The third-order valence-electron chi connectivity index (χ3n) is 4.15. The third kappa shape index (κ3) is 3.51. The van der Waals surface area contributed by atoms with Gasteiger partial charge in [0.1, 0.15) is 11.5 Å². The quantitative estimate of drug-likeness (QED) is 0.665. The molecule has 1 aromatic heterocycles. The second-order valence-electron chi connectivity index (χ2n) is 6.17. The molecular formula is C20H20FN3OS. The smallest absolute Gasteiger partial charge is 0.274 e. The van der Waals surface area contributed by atoms with Gasteiger partial charge in [-0.25, -0.2) is 9.37 Å². The molecular weight excluding hydrogens is 349 g/mol. The highest BCUT2D eigenvalue weighted by molar-refractivity contribution is 7.98. The molecule has 0 aliphatic rings. The number of nitrogens with one attached hydrogen (secondary N) is 1. The number of carbonyl (C=O) groups is 1. The van der Waals surface area contributed by atoms with E-state index in [9.17, 15) is 9.18 Å². The number of rotatable bonds is 4. The number of imidazole rings is 1. The molecule has 0 atom stereocenters. The molecule has 0 saturated carbocycles. The predicted molar refractivity (Wildman–Crippen MR) is 104 cm³/mol. The Hall–Kier alpha value is -2.60. The van der Waals surface area contributed by atoms with Crippen LogP contribution in [0.1, 0.15) is 27.2 Å². The molecule has 1 heterocycles. The van der Waals surface area contributed by atoms with E-state index < -0.39 is 0 Å². The van der Waals surface area contributed by atoms with E-state index in [1.807, 2.05) is 39.2 Å². The van der Waals surface area contributed by atoms with E-state index in [1.165, 1.54) is 23.9 Å². The predicted octanol–water partition coefficient (Wildman–Crippen LogP) is 4.91. The van der Waals surface area contributed by atoms with Crippen LogP contribution in [0.4, 0.5) is 10.1 Å². The van der Waals surface area contributed by atoms with Crippen molar-refractivity contribution in [3.05, 3.63) is 70.8 Å². The van der Waals surface area contributed by atoms with Gasteiger partial charge in [0.2, 0.25) is 0 Å². The first kappa shape index (κ1) is 18.2. The SMILES string of the molecule is CSc1ncc(C(=O)Nc2c(C)cc(C)cc2C)n1-c1ccc(F)cc1. The zero-order valence-electron chi connectivity index (χ0n) is 15.1. The minimum Gasteiger partial charge on any atom is -0.320 e. The summed E-state index contributed by atoms with van der Waals surface area (Å²) in [5.41, 5.74) is 5.07. The van der Waals surface area contributed by atoms with E-state index in [0.29, 0.717) is 16.5 Å². The van der Waals surface area contributed by atoms with Gasteiger partial charge in [0, 0.05) is 11.4 Å². The van der Waals surface area contributed by atoms with Crippen molar-refractivity contribution in [1.29, 1.82) is 0 Å². The van der Waals surface area contributed by atoms with Gasteiger partial charge < -0.3 is 5.32 Å². The lowest BCUT2D eigenvalue weighted by Crippen LogP contribution is -2.18. The van der Waals surface area contributed by atoms with Crippen molar-refractivity contribution < 1.29 is 9.18 Å². The largest absolute Gasteiger partial charge is 0.320 e. The van der Waals surface area contributed by atoms with Crippen LogP contribution in [0, 0.1) is 26.6 Å². The molecule has 1 amide bonds. The van der Waals surface area contributed by atoms with Crippen LogP contribution in [0.2, 0.25) is 0 Å². The van der Waals surface area contributed by atoms with Gasteiger partial charge in [-0.1, -0.05) is 29.5 Å². The Bertz CT molecular complexity index is 941. The van der Waals surface area contributed by atoms with Crippen molar-refractivity contribution in [2.75, 3.05) is 11.6 Å². The molecule has 3 rings (SSSR count). The summed E-state index contributed by atoms with van der Waals surface area (Å²) in [6.07, 6.45) is 3.43. The molecule has 0 aliphatic carbocycles. The maximum absolute atomic E-state index is 13.3. The molecule has 2 aromatic carbocycles. The average molecular weight is 369 g/mol. The number of anilines is 1. The Kier molecular flexibility index (Phi) is 5.13. The molecule has 4 nitrogen and oxygen atoms in total. The second kappa shape index (κ2) is 7.33. The molecule has 0 radical (unpaired) electrons. The number of benzene rings is 2. The maximum atomic E-state index is 13.3. The summed E-state index contributed by atoms with van der Waals surface area (Å²) in [6.45, 7) is 5.97. The Morgan fingerprint density at radius 3 is 2.31 bits per heavy atom. The fourth-order valence-electron chi connectivity index (χ4n) is 3.03. The summed E-state index contributed by atoms with van der Waals surface area (Å²) in [7, 11) is 0. The van der Waals surface area contributed by atoms with Crippen molar-refractivity contribution in [2.45, 2.75) is 25.9 Å². The number of carbonyl (C=O) groups excluding carboxylic acids is 1. The van der Waals surface area contributed by atoms with Gasteiger partial charge >= 0.3 is 0 Å². The summed E-state index contributed by atoms with van der Waals surface area (Å²) < 4.78 is 15.0.